The number of fused-ring (bicyclic) bond motifs is 1. The maximum atomic E-state index is 11.6. The van der Waals surface area contributed by atoms with E-state index in [-0.39, 0.29) is 5.69 Å². The molecule has 108 valence electrons. The Kier molecular flexibility index (Phi) is 3.17. The van der Waals surface area contributed by atoms with E-state index in [1.807, 2.05) is 43.3 Å². The molecule has 0 bridgehead atoms. The van der Waals surface area contributed by atoms with Gasteiger partial charge in [0, 0.05) is 24.3 Å². The second kappa shape index (κ2) is 4.89. The first kappa shape index (κ1) is 13.6. The minimum atomic E-state index is -0.979. The van der Waals surface area contributed by atoms with Crippen molar-refractivity contribution >= 4 is 33.8 Å². The summed E-state index contributed by atoms with van der Waals surface area (Å²) in [6.45, 7) is 4.05. The molecule has 0 saturated heterocycles. The normalized spacial score (nSPS) is 11.0. The summed E-state index contributed by atoms with van der Waals surface area (Å²) in [5.41, 5.74) is 3.40. The Morgan fingerprint density at radius 3 is 2.81 bits per heavy atom. The minimum absolute atomic E-state index is 0.189. The highest BCUT2D eigenvalue weighted by molar-refractivity contribution is 7.15. The molecule has 0 spiro atoms. The van der Waals surface area contributed by atoms with E-state index >= 15 is 0 Å². The van der Waals surface area contributed by atoms with Crippen molar-refractivity contribution in [2.45, 2.75) is 13.8 Å². The first-order valence-electron chi connectivity index (χ1n) is 6.49. The van der Waals surface area contributed by atoms with E-state index in [4.69, 9.17) is 0 Å². The minimum Gasteiger partial charge on any atom is -0.476 e. The molecule has 1 aromatic carbocycles. The highest BCUT2D eigenvalue weighted by atomic mass is 32.1. The summed E-state index contributed by atoms with van der Waals surface area (Å²) in [5.74, 6) is -0.520. The topological polar surface area (TPSA) is 57.8 Å². The quantitative estimate of drug-likeness (QED) is 0.804. The number of anilines is 2. The second-order valence-electron chi connectivity index (χ2n) is 4.99. The molecule has 3 rings (SSSR count). The van der Waals surface area contributed by atoms with Crippen molar-refractivity contribution in [1.29, 1.82) is 0 Å². The Morgan fingerprint density at radius 1 is 1.38 bits per heavy atom. The average molecular weight is 301 g/mol. The third kappa shape index (κ3) is 2.17. The molecule has 6 heteroatoms. The SMILES string of the molecule is Cc1ccc(N(C)c2nc3sccn3c2C(=O)O)c(C)c1. The van der Waals surface area contributed by atoms with Crippen LogP contribution < -0.4 is 4.90 Å². The number of nitrogens with zero attached hydrogens (tertiary/aromatic N) is 3. The van der Waals surface area contributed by atoms with Gasteiger partial charge in [-0.2, -0.15) is 0 Å². The fourth-order valence-corrected chi connectivity index (χ4v) is 3.21. The molecule has 0 unspecified atom stereocenters. The number of carboxylic acids is 1. The molecule has 0 radical (unpaired) electrons. The Morgan fingerprint density at radius 2 is 2.14 bits per heavy atom. The number of hydrogen-bond donors (Lipinski definition) is 1. The van der Waals surface area contributed by atoms with Crippen LogP contribution in [0.2, 0.25) is 0 Å². The maximum Gasteiger partial charge on any atom is 0.356 e. The van der Waals surface area contributed by atoms with E-state index < -0.39 is 5.97 Å². The van der Waals surface area contributed by atoms with Crippen molar-refractivity contribution in [3.8, 4) is 0 Å². The van der Waals surface area contributed by atoms with Crippen molar-refractivity contribution in [2.24, 2.45) is 0 Å². The van der Waals surface area contributed by atoms with Crippen molar-refractivity contribution in [3.63, 3.8) is 0 Å². The molecule has 21 heavy (non-hydrogen) atoms. The zero-order chi connectivity index (χ0) is 15.1. The van der Waals surface area contributed by atoms with Crippen LogP contribution in [0, 0.1) is 13.8 Å². The summed E-state index contributed by atoms with van der Waals surface area (Å²) in [6, 6.07) is 6.08. The number of benzene rings is 1. The lowest BCUT2D eigenvalue weighted by molar-refractivity contribution is 0.0690. The van der Waals surface area contributed by atoms with Crippen LogP contribution in [0.5, 0.6) is 0 Å². The van der Waals surface area contributed by atoms with E-state index in [0.717, 1.165) is 11.3 Å². The largest absolute Gasteiger partial charge is 0.476 e. The van der Waals surface area contributed by atoms with Gasteiger partial charge in [-0.3, -0.25) is 4.40 Å². The van der Waals surface area contributed by atoms with Gasteiger partial charge in [0.05, 0.1) is 0 Å². The summed E-state index contributed by atoms with van der Waals surface area (Å²) in [6.07, 6.45) is 1.73. The highest BCUT2D eigenvalue weighted by Gasteiger charge is 2.23. The predicted molar refractivity (Wildman–Crippen MR) is 84.0 cm³/mol. The number of hydrogen-bond acceptors (Lipinski definition) is 4. The van der Waals surface area contributed by atoms with Crippen LogP contribution in [0.4, 0.5) is 11.5 Å². The molecule has 2 aromatic heterocycles. The lowest BCUT2D eigenvalue weighted by Crippen LogP contribution is -2.15. The number of imidazole rings is 1. The average Bonchev–Trinajstić information content (AvgIpc) is 2.96. The van der Waals surface area contributed by atoms with Crippen molar-refractivity contribution < 1.29 is 9.90 Å². The molecule has 0 aliphatic rings. The lowest BCUT2D eigenvalue weighted by Gasteiger charge is -2.20. The second-order valence-corrected chi connectivity index (χ2v) is 5.87. The van der Waals surface area contributed by atoms with Gasteiger partial charge in [-0.25, -0.2) is 9.78 Å². The third-order valence-electron chi connectivity index (χ3n) is 3.48. The number of rotatable bonds is 3. The summed E-state index contributed by atoms with van der Waals surface area (Å²) in [5, 5.41) is 11.3. The fraction of sp³-hybridized carbons (Fsp3) is 0.200. The van der Waals surface area contributed by atoms with Gasteiger partial charge >= 0.3 is 5.97 Å². The molecule has 0 amide bonds. The number of aryl methyl sites for hydroxylation is 2. The first-order valence-corrected chi connectivity index (χ1v) is 7.37. The lowest BCUT2D eigenvalue weighted by atomic mass is 10.1. The van der Waals surface area contributed by atoms with Crippen LogP contribution in [0.15, 0.2) is 29.8 Å². The molecular weight excluding hydrogens is 286 g/mol. The highest BCUT2D eigenvalue weighted by Crippen LogP contribution is 2.31. The molecule has 3 aromatic rings. The molecule has 0 atom stereocenters. The van der Waals surface area contributed by atoms with Gasteiger partial charge in [0.15, 0.2) is 16.5 Å². The standard InChI is InChI=1S/C15H15N3O2S/c1-9-4-5-11(10(2)8-9)17(3)13-12(14(19)20)18-6-7-21-15(18)16-13/h4-8H,1-3H3,(H,19,20). The van der Waals surface area contributed by atoms with E-state index in [9.17, 15) is 9.90 Å². The van der Waals surface area contributed by atoms with Crippen LogP contribution in [0.1, 0.15) is 21.6 Å². The third-order valence-corrected chi connectivity index (χ3v) is 4.23. The van der Waals surface area contributed by atoms with E-state index in [1.54, 1.807) is 10.6 Å². The molecule has 0 aliphatic heterocycles. The number of thiazole rings is 1. The van der Waals surface area contributed by atoms with Gasteiger partial charge in [-0.05, 0) is 25.5 Å². The molecular formula is C15H15N3O2S. The molecule has 2 heterocycles. The van der Waals surface area contributed by atoms with Crippen LogP contribution in [0.3, 0.4) is 0 Å². The monoisotopic (exact) mass is 301 g/mol. The Balaban J connectivity index is 2.17. The number of aromatic nitrogens is 2. The van der Waals surface area contributed by atoms with Gasteiger partial charge in [0.2, 0.25) is 0 Å². The summed E-state index contributed by atoms with van der Waals surface area (Å²) >= 11 is 1.42. The molecule has 0 aliphatic carbocycles. The van der Waals surface area contributed by atoms with Gasteiger partial charge in [0.25, 0.3) is 0 Å². The first-order chi connectivity index (χ1) is 9.99. The summed E-state index contributed by atoms with van der Waals surface area (Å²) in [7, 11) is 1.84. The molecule has 5 nitrogen and oxygen atoms in total. The van der Waals surface area contributed by atoms with Gasteiger partial charge in [-0.15, -0.1) is 11.3 Å². The Bertz CT molecular complexity index is 835. The molecule has 0 saturated carbocycles. The Labute approximate surface area is 126 Å². The summed E-state index contributed by atoms with van der Waals surface area (Å²) in [4.78, 5) is 18.6. The van der Waals surface area contributed by atoms with Gasteiger partial charge in [0.1, 0.15) is 0 Å². The van der Waals surface area contributed by atoms with E-state index in [2.05, 4.69) is 11.1 Å². The smallest absolute Gasteiger partial charge is 0.356 e. The van der Waals surface area contributed by atoms with Gasteiger partial charge < -0.3 is 10.0 Å². The Hall–Kier alpha value is -2.34. The van der Waals surface area contributed by atoms with Gasteiger partial charge in [-0.1, -0.05) is 17.7 Å². The van der Waals surface area contributed by atoms with Crippen LogP contribution in [-0.4, -0.2) is 27.5 Å². The number of aromatic carboxylic acids is 1. The van der Waals surface area contributed by atoms with Crippen molar-refractivity contribution in [3.05, 3.63) is 46.6 Å². The number of carbonyl (C=O) groups is 1. The van der Waals surface area contributed by atoms with Crippen molar-refractivity contribution in [2.75, 3.05) is 11.9 Å². The predicted octanol–water partition coefficient (Wildman–Crippen LogP) is 3.48. The zero-order valence-corrected chi connectivity index (χ0v) is 12.8. The van der Waals surface area contributed by atoms with Crippen LogP contribution >= 0.6 is 11.3 Å². The van der Waals surface area contributed by atoms with Crippen LogP contribution in [-0.2, 0) is 0 Å². The van der Waals surface area contributed by atoms with Crippen LogP contribution in [0.25, 0.3) is 4.96 Å². The maximum absolute atomic E-state index is 11.6. The summed E-state index contributed by atoms with van der Waals surface area (Å²) < 4.78 is 1.61. The fourth-order valence-electron chi connectivity index (χ4n) is 2.50. The number of carboxylic acid groups (broad SMARTS) is 1. The van der Waals surface area contributed by atoms with Crippen molar-refractivity contribution in [1.82, 2.24) is 9.38 Å². The van der Waals surface area contributed by atoms with E-state index in [0.29, 0.717) is 10.8 Å². The zero-order valence-electron chi connectivity index (χ0n) is 12.0. The van der Waals surface area contributed by atoms with E-state index in [1.165, 1.54) is 16.9 Å². The molecule has 1 N–H and O–H groups in total. The molecule has 0 fully saturated rings.